The number of hydrogen-bond acceptors (Lipinski definition) is 2. The third-order valence-corrected chi connectivity index (χ3v) is 3.89. The summed E-state index contributed by atoms with van der Waals surface area (Å²) < 4.78 is 0. The number of H-pyrrole nitrogens is 1. The molecular weight excluding hydrogens is 276 g/mol. The number of nitrogens with zero attached hydrogens (tertiary/aromatic N) is 1. The summed E-state index contributed by atoms with van der Waals surface area (Å²) in [5.74, 6) is 0. The summed E-state index contributed by atoms with van der Waals surface area (Å²) in [5.41, 5.74) is 2.85. The van der Waals surface area contributed by atoms with Crippen LogP contribution in [-0.4, -0.2) is 9.91 Å². The van der Waals surface area contributed by atoms with Gasteiger partial charge in [-0.3, -0.25) is 10.1 Å². The second kappa shape index (κ2) is 4.70. The summed E-state index contributed by atoms with van der Waals surface area (Å²) in [6.07, 6.45) is 0. The van der Waals surface area contributed by atoms with Gasteiger partial charge in [-0.2, -0.15) is 0 Å². The fourth-order valence-electron chi connectivity index (χ4n) is 2.82. The number of benzene rings is 3. The highest BCUT2D eigenvalue weighted by molar-refractivity contribution is 6.07. The fraction of sp³-hybridized carbons (Fsp3) is 0. The molecule has 106 valence electrons. The van der Waals surface area contributed by atoms with Gasteiger partial charge in [0.25, 0.3) is 5.69 Å². The van der Waals surface area contributed by atoms with E-state index >= 15 is 0 Å². The smallest absolute Gasteiger partial charge is 0.270 e. The Morgan fingerprint density at radius 1 is 0.864 bits per heavy atom. The Balaban J connectivity index is 1.95. The van der Waals surface area contributed by atoms with Crippen molar-refractivity contribution in [3.8, 4) is 11.3 Å². The van der Waals surface area contributed by atoms with Crippen molar-refractivity contribution in [1.29, 1.82) is 0 Å². The van der Waals surface area contributed by atoms with Gasteiger partial charge in [0.1, 0.15) is 0 Å². The normalized spacial score (nSPS) is 11.1. The van der Waals surface area contributed by atoms with Crippen molar-refractivity contribution in [3.05, 3.63) is 76.8 Å². The molecule has 4 nitrogen and oxygen atoms in total. The van der Waals surface area contributed by atoms with Crippen LogP contribution < -0.4 is 0 Å². The first kappa shape index (κ1) is 12.6. The third-order valence-electron chi connectivity index (χ3n) is 3.89. The number of nitro benzene ring substituents is 1. The summed E-state index contributed by atoms with van der Waals surface area (Å²) in [6.45, 7) is 0. The van der Waals surface area contributed by atoms with E-state index in [0.717, 1.165) is 27.5 Å². The Kier molecular flexibility index (Phi) is 2.69. The molecule has 0 atom stereocenters. The standard InChI is InChI=1S/C18H12N2O2/c21-20(22)15-6-3-5-13(10-15)17-11-14-9-8-12-4-1-2-7-16(12)18(14)19-17/h1-11,19H. The van der Waals surface area contributed by atoms with Crippen LogP contribution in [0.15, 0.2) is 66.7 Å². The maximum atomic E-state index is 10.9. The van der Waals surface area contributed by atoms with E-state index in [-0.39, 0.29) is 10.6 Å². The molecule has 4 heteroatoms. The van der Waals surface area contributed by atoms with Crippen molar-refractivity contribution in [2.45, 2.75) is 0 Å². The first-order valence-electron chi connectivity index (χ1n) is 6.98. The van der Waals surface area contributed by atoms with Crippen LogP contribution in [-0.2, 0) is 0 Å². The second-order valence-corrected chi connectivity index (χ2v) is 5.24. The van der Waals surface area contributed by atoms with E-state index in [4.69, 9.17) is 0 Å². The lowest BCUT2D eigenvalue weighted by molar-refractivity contribution is -0.384. The summed E-state index contributed by atoms with van der Waals surface area (Å²) in [7, 11) is 0. The average molecular weight is 288 g/mol. The highest BCUT2D eigenvalue weighted by atomic mass is 16.6. The van der Waals surface area contributed by atoms with Gasteiger partial charge in [-0.1, -0.05) is 48.5 Å². The van der Waals surface area contributed by atoms with Crippen LogP contribution in [0.2, 0.25) is 0 Å². The Morgan fingerprint density at radius 3 is 2.55 bits per heavy atom. The van der Waals surface area contributed by atoms with Crippen molar-refractivity contribution in [2.75, 3.05) is 0 Å². The van der Waals surface area contributed by atoms with Gasteiger partial charge in [-0.15, -0.1) is 0 Å². The number of non-ortho nitro benzene ring substituents is 1. The molecular formula is C18H12N2O2. The topological polar surface area (TPSA) is 58.9 Å². The van der Waals surface area contributed by atoms with Gasteiger partial charge in [-0.25, -0.2) is 0 Å². The minimum atomic E-state index is -0.373. The lowest BCUT2D eigenvalue weighted by Crippen LogP contribution is -1.87. The van der Waals surface area contributed by atoms with Gasteiger partial charge >= 0.3 is 0 Å². The molecule has 0 saturated carbocycles. The number of aromatic amines is 1. The summed E-state index contributed by atoms with van der Waals surface area (Å²) >= 11 is 0. The van der Waals surface area contributed by atoms with Gasteiger partial charge in [0, 0.05) is 34.2 Å². The molecule has 0 bridgehead atoms. The minimum Gasteiger partial charge on any atom is -0.354 e. The van der Waals surface area contributed by atoms with Crippen LogP contribution in [0.25, 0.3) is 32.9 Å². The minimum absolute atomic E-state index is 0.0982. The number of fused-ring (bicyclic) bond motifs is 3. The number of nitro groups is 1. The van der Waals surface area contributed by atoms with Gasteiger partial charge in [0.15, 0.2) is 0 Å². The molecule has 1 aromatic heterocycles. The van der Waals surface area contributed by atoms with Crippen LogP contribution in [0.1, 0.15) is 0 Å². The highest BCUT2D eigenvalue weighted by Crippen LogP contribution is 2.30. The second-order valence-electron chi connectivity index (χ2n) is 5.24. The van der Waals surface area contributed by atoms with Crippen molar-refractivity contribution in [1.82, 2.24) is 4.98 Å². The zero-order valence-electron chi connectivity index (χ0n) is 11.6. The first-order valence-corrected chi connectivity index (χ1v) is 6.98. The molecule has 4 rings (SSSR count). The first-order chi connectivity index (χ1) is 10.7. The predicted octanol–water partition coefficient (Wildman–Crippen LogP) is 4.90. The van der Waals surface area contributed by atoms with Crippen molar-refractivity contribution in [3.63, 3.8) is 0 Å². The molecule has 0 radical (unpaired) electrons. The summed E-state index contributed by atoms with van der Waals surface area (Å²) in [4.78, 5) is 14.0. The van der Waals surface area contributed by atoms with Gasteiger partial charge in [-0.05, 0) is 11.5 Å². The summed E-state index contributed by atoms with van der Waals surface area (Å²) in [5, 5.41) is 14.3. The van der Waals surface area contributed by atoms with E-state index in [9.17, 15) is 10.1 Å². The monoisotopic (exact) mass is 288 g/mol. The maximum Gasteiger partial charge on any atom is 0.270 e. The largest absolute Gasteiger partial charge is 0.354 e. The van der Waals surface area contributed by atoms with Crippen LogP contribution in [0, 0.1) is 10.1 Å². The van der Waals surface area contributed by atoms with E-state index in [1.807, 2.05) is 24.3 Å². The van der Waals surface area contributed by atoms with E-state index in [2.05, 4.69) is 29.2 Å². The Bertz CT molecular complexity index is 1020. The average Bonchev–Trinajstić information content (AvgIpc) is 2.99. The Hall–Kier alpha value is -3.14. The van der Waals surface area contributed by atoms with Crippen molar-refractivity contribution in [2.24, 2.45) is 0 Å². The Labute approximate surface area is 126 Å². The van der Waals surface area contributed by atoms with E-state index in [1.54, 1.807) is 12.1 Å². The number of aromatic nitrogens is 1. The molecule has 4 aromatic rings. The lowest BCUT2D eigenvalue weighted by Gasteiger charge is -1.99. The van der Waals surface area contributed by atoms with Crippen LogP contribution in [0.3, 0.4) is 0 Å². The number of rotatable bonds is 2. The van der Waals surface area contributed by atoms with Gasteiger partial charge in [0.05, 0.1) is 10.4 Å². The van der Waals surface area contributed by atoms with Crippen LogP contribution >= 0.6 is 0 Å². The zero-order chi connectivity index (χ0) is 15.1. The van der Waals surface area contributed by atoms with Crippen molar-refractivity contribution >= 4 is 27.4 Å². The quantitative estimate of drug-likeness (QED) is 0.421. The molecule has 0 amide bonds. The molecule has 0 aliphatic carbocycles. The maximum absolute atomic E-state index is 10.9. The Morgan fingerprint density at radius 2 is 1.68 bits per heavy atom. The highest BCUT2D eigenvalue weighted by Gasteiger charge is 2.10. The molecule has 0 aliphatic heterocycles. The van der Waals surface area contributed by atoms with E-state index in [0.29, 0.717) is 0 Å². The lowest BCUT2D eigenvalue weighted by atomic mass is 10.1. The number of hydrogen-bond donors (Lipinski definition) is 1. The van der Waals surface area contributed by atoms with Crippen LogP contribution in [0.4, 0.5) is 5.69 Å². The van der Waals surface area contributed by atoms with E-state index in [1.165, 1.54) is 11.5 Å². The molecule has 1 N–H and O–H groups in total. The molecule has 3 aromatic carbocycles. The molecule has 0 saturated heterocycles. The fourth-order valence-corrected chi connectivity index (χ4v) is 2.82. The molecule has 0 unspecified atom stereocenters. The van der Waals surface area contributed by atoms with Gasteiger partial charge < -0.3 is 4.98 Å². The van der Waals surface area contributed by atoms with Crippen LogP contribution in [0.5, 0.6) is 0 Å². The van der Waals surface area contributed by atoms with Gasteiger partial charge in [0.2, 0.25) is 0 Å². The molecule has 0 fully saturated rings. The molecule has 1 heterocycles. The zero-order valence-corrected chi connectivity index (χ0v) is 11.6. The SMILES string of the molecule is O=[N+]([O-])c1cccc(-c2cc3ccc4ccccc4c3[nH]2)c1. The predicted molar refractivity (Wildman–Crippen MR) is 87.9 cm³/mol. The van der Waals surface area contributed by atoms with E-state index < -0.39 is 0 Å². The van der Waals surface area contributed by atoms with Crippen molar-refractivity contribution < 1.29 is 4.92 Å². The molecule has 0 aliphatic rings. The summed E-state index contributed by atoms with van der Waals surface area (Å²) in [6, 6.07) is 21.0. The molecule has 0 spiro atoms. The third kappa shape index (κ3) is 1.93. The molecule has 22 heavy (non-hydrogen) atoms. The number of nitrogens with one attached hydrogen (secondary N) is 1.